The van der Waals surface area contributed by atoms with Gasteiger partial charge in [-0.3, -0.25) is 9.79 Å². The Kier molecular flexibility index (Phi) is 8.86. The Bertz CT molecular complexity index is 675. The smallest absolute Gasteiger partial charge is 0.217 e. The van der Waals surface area contributed by atoms with Gasteiger partial charge in [0.05, 0.1) is 6.54 Å². The number of halogens is 2. The molecule has 0 spiro atoms. The summed E-state index contributed by atoms with van der Waals surface area (Å²) in [4.78, 5) is 18.6. The molecule has 1 aliphatic heterocycles. The number of primary amides is 1. The van der Waals surface area contributed by atoms with Gasteiger partial charge in [0.25, 0.3) is 0 Å². The van der Waals surface area contributed by atoms with Crippen molar-refractivity contribution < 1.29 is 4.79 Å². The van der Waals surface area contributed by atoms with Crippen molar-refractivity contribution >= 4 is 47.4 Å². The molecule has 1 amide bonds. The number of hydrogen-bond acceptors (Lipinski definition) is 2. The zero-order valence-electron chi connectivity index (χ0n) is 16.6. The maximum absolute atomic E-state index is 11.3. The Morgan fingerprint density at radius 1 is 1.32 bits per heavy atom. The molecule has 2 aliphatic rings. The van der Waals surface area contributed by atoms with Gasteiger partial charge >= 0.3 is 0 Å². The standard InChI is InChI=1S/C21H31ClN4O.HI/c1-2-24-20(26-12-3-5-16(14-26)13-19(23)27)25-15-21(10-4-11-21)17-6-8-18(22)9-7-17;/h6-9,16H,2-5,10-15H2,1H3,(H2,23,27)(H,24,25);1H. The minimum Gasteiger partial charge on any atom is -0.370 e. The van der Waals surface area contributed by atoms with Gasteiger partial charge in [0, 0.05) is 36.5 Å². The van der Waals surface area contributed by atoms with Crippen molar-refractivity contribution in [3.63, 3.8) is 0 Å². The third-order valence-electron chi connectivity index (χ3n) is 5.94. The fourth-order valence-corrected chi connectivity index (χ4v) is 4.43. The van der Waals surface area contributed by atoms with Gasteiger partial charge < -0.3 is 16.0 Å². The van der Waals surface area contributed by atoms with Crippen LogP contribution in [0.4, 0.5) is 0 Å². The minimum absolute atomic E-state index is 0. The van der Waals surface area contributed by atoms with Crippen molar-refractivity contribution in [2.75, 3.05) is 26.2 Å². The Hall–Kier alpha value is -1.02. The lowest BCUT2D eigenvalue weighted by Gasteiger charge is -2.42. The molecule has 156 valence electrons. The third-order valence-corrected chi connectivity index (χ3v) is 6.19. The second-order valence-corrected chi connectivity index (χ2v) is 8.37. The first-order valence-corrected chi connectivity index (χ1v) is 10.5. The number of benzene rings is 1. The van der Waals surface area contributed by atoms with Gasteiger partial charge in [-0.25, -0.2) is 0 Å². The van der Waals surface area contributed by atoms with Crippen LogP contribution in [0.15, 0.2) is 29.3 Å². The average Bonchev–Trinajstić information content (AvgIpc) is 2.61. The van der Waals surface area contributed by atoms with Crippen molar-refractivity contribution in [2.24, 2.45) is 16.6 Å². The molecular formula is C21H32ClIN4O. The molecule has 0 bridgehead atoms. The van der Waals surface area contributed by atoms with Crippen LogP contribution in [0.5, 0.6) is 0 Å². The monoisotopic (exact) mass is 518 g/mol. The first kappa shape index (κ1) is 23.3. The van der Waals surface area contributed by atoms with Crippen molar-refractivity contribution in [1.82, 2.24) is 10.2 Å². The topological polar surface area (TPSA) is 70.7 Å². The molecule has 1 aromatic carbocycles. The van der Waals surface area contributed by atoms with Crippen LogP contribution < -0.4 is 11.1 Å². The Morgan fingerprint density at radius 3 is 2.61 bits per heavy atom. The number of nitrogens with zero attached hydrogens (tertiary/aromatic N) is 2. The fourth-order valence-electron chi connectivity index (χ4n) is 4.31. The Balaban J connectivity index is 0.00000280. The van der Waals surface area contributed by atoms with E-state index in [0.717, 1.165) is 50.0 Å². The lowest BCUT2D eigenvalue weighted by Crippen LogP contribution is -2.48. The molecule has 1 heterocycles. The minimum atomic E-state index is -0.208. The number of nitrogens with two attached hydrogens (primary N) is 1. The number of carbonyl (C=O) groups excluding carboxylic acids is 1. The lowest BCUT2D eigenvalue weighted by molar-refractivity contribution is -0.119. The second-order valence-electron chi connectivity index (χ2n) is 7.94. The molecule has 1 saturated carbocycles. The van der Waals surface area contributed by atoms with E-state index in [2.05, 4.69) is 29.3 Å². The van der Waals surface area contributed by atoms with E-state index in [0.29, 0.717) is 12.3 Å². The second kappa shape index (κ2) is 10.7. The molecule has 1 saturated heterocycles. The molecule has 0 radical (unpaired) electrons. The van der Waals surface area contributed by atoms with E-state index in [4.69, 9.17) is 22.3 Å². The van der Waals surface area contributed by atoms with Crippen LogP contribution in [0.25, 0.3) is 0 Å². The molecular weight excluding hydrogens is 487 g/mol. The summed E-state index contributed by atoms with van der Waals surface area (Å²) in [5.41, 5.74) is 6.88. The summed E-state index contributed by atoms with van der Waals surface area (Å²) in [6.07, 6.45) is 6.19. The van der Waals surface area contributed by atoms with Gasteiger partial charge in [-0.1, -0.05) is 30.2 Å². The first-order valence-electron chi connectivity index (χ1n) is 10.1. The van der Waals surface area contributed by atoms with E-state index in [-0.39, 0.29) is 35.3 Å². The molecule has 5 nitrogen and oxygen atoms in total. The summed E-state index contributed by atoms with van der Waals surface area (Å²) >= 11 is 6.07. The molecule has 0 aromatic heterocycles. The van der Waals surface area contributed by atoms with Crippen molar-refractivity contribution in [3.8, 4) is 0 Å². The van der Waals surface area contributed by atoms with E-state index in [9.17, 15) is 4.79 Å². The first-order chi connectivity index (χ1) is 13.0. The summed E-state index contributed by atoms with van der Waals surface area (Å²) in [5.74, 6) is 1.08. The van der Waals surface area contributed by atoms with Crippen LogP contribution in [0.3, 0.4) is 0 Å². The molecule has 2 fully saturated rings. The van der Waals surface area contributed by atoms with E-state index >= 15 is 0 Å². The van der Waals surface area contributed by atoms with Crippen molar-refractivity contribution in [3.05, 3.63) is 34.9 Å². The number of amides is 1. The summed E-state index contributed by atoms with van der Waals surface area (Å²) in [5, 5.41) is 4.22. The summed E-state index contributed by atoms with van der Waals surface area (Å²) in [6.45, 7) is 5.55. The average molecular weight is 519 g/mol. The normalized spacial score (nSPS) is 21.4. The Morgan fingerprint density at radius 2 is 2.04 bits per heavy atom. The summed E-state index contributed by atoms with van der Waals surface area (Å²) in [7, 11) is 0. The number of likely N-dealkylation sites (tertiary alicyclic amines) is 1. The molecule has 1 aromatic rings. The van der Waals surface area contributed by atoms with Crippen molar-refractivity contribution in [1.29, 1.82) is 0 Å². The van der Waals surface area contributed by atoms with Gasteiger partial charge in [-0.15, -0.1) is 24.0 Å². The zero-order valence-corrected chi connectivity index (χ0v) is 19.7. The van der Waals surface area contributed by atoms with Crippen LogP contribution in [0, 0.1) is 5.92 Å². The van der Waals surface area contributed by atoms with Crippen LogP contribution in [0.1, 0.15) is 51.0 Å². The molecule has 3 rings (SSSR count). The molecule has 1 unspecified atom stereocenters. The molecule has 28 heavy (non-hydrogen) atoms. The lowest BCUT2D eigenvalue weighted by atomic mass is 9.64. The number of rotatable bonds is 6. The quantitative estimate of drug-likeness (QED) is 0.341. The van der Waals surface area contributed by atoms with E-state index in [1.54, 1.807) is 0 Å². The van der Waals surface area contributed by atoms with Crippen LogP contribution in [0.2, 0.25) is 5.02 Å². The highest BCUT2D eigenvalue weighted by Gasteiger charge is 2.38. The number of piperidine rings is 1. The van der Waals surface area contributed by atoms with Gasteiger partial charge in [0.1, 0.15) is 0 Å². The van der Waals surface area contributed by atoms with Crippen LogP contribution in [-0.4, -0.2) is 42.9 Å². The molecule has 7 heteroatoms. The van der Waals surface area contributed by atoms with E-state index in [1.165, 1.54) is 24.8 Å². The van der Waals surface area contributed by atoms with Gasteiger partial charge in [-0.2, -0.15) is 0 Å². The zero-order chi connectivity index (χ0) is 19.3. The van der Waals surface area contributed by atoms with Crippen LogP contribution >= 0.6 is 35.6 Å². The molecule has 1 atom stereocenters. The Labute approximate surface area is 190 Å². The molecule has 1 aliphatic carbocycles. The predicted octanol–water partition coefficient (Wildman–Crippen LogP) is 3.93. The van der Waals surface area contributed by atoms with Crippen LogP contribution in [-0.2, 0) is 10.2 Å². The third kappa shape index (κ3) is 5.75. The van der Waals surface area contributed by atoms with E-state index in [1.807, 2.05) is 12.1 Å². The number of hydrogen-bond donors (Lipinski definition) is 2. The number of carbonyl (C=O) groups is 1. The van der Waals surface area contributed by atoms with Crippen molar-refractivity contribution in [2.45, 2.75) is 50.9 Å². The predicted molar refractivity (Wildman–Crippen MR) is 126 cm³/mol. The summed E-state index contributed by atoms with van der Waals surface area (Å²) in [6, 6.07) is 8.25. The molecule has 3 N–H and O–H groups in total. The number of guanidine groups is 1. The maximum atomic E-state index is 11.3. The maximum Gasteiger partial charge on any atom is 0.217 e. The van der Waals surface area contributed by atoms with Gasteiger partial charge in [-0.05, 0) is 56.2 Å². The highest BCUT2D eigenvalue weighted by Crippen LogP contribution is 2.44. The SMILES string of the molecule is CCNC(=NCC1(c2ccc(Cl)cc2)CCC1)N1CCCC(CC(N)=O)C1.I. The highest BCUT2D eigenvalue weighted by molar-refractivity contribution is 14.0. The van der Waals surface area contributed by atoms with Gasteiger partial charge in [0.15, 0.2) is 5.96 Å². The fraction of sp³-hybridized carbons (Fsp3) is 0.619. The number of aliphatic imine (C=N–C) groups is 1. The number of nitrogens with one attached hydrogen (secondary N) is 1. The summed E-state index contributed by atoms with van der Waals surface area (Å²) < 4.78 is 0. The highest BCUT2D eigenvalue weighted by atomic mass is 127. The largest absolute Gasteiger partial charge is 0.370 e. The van der Waals surface area contributed by atoms with Gasteiger partial charge in [0.2, 0.25) is 5.91 Å². The van der Waals surface area contributed by atoms with E-state index < -0.39 is 0 Å².